The second kappa shape index (κ2) is 8.65. The molecule has 8 nitrogen and oxygen atoms in total. The van der Waals surface area contributed by atoms with Gasteiger partial charge in [-0.1, -0.05) is 6.07 Å². The van der Waals surface area contributed by atoms with Crippen LogP contribution >= 0.6 is 11.3 Å². The quantitative estimate of drug-likeness (QED) is 0.476. The van der Waals surface area contributed by atoms with E-state index < -0.39 is 0 Å². The third kappa shape index (κ3) is 4.46. The minimum Gasteiger partial charge on any atom is -0.341 e. The minimum absolute atomic E-state index is 0.0320. The Morgan fingerprint density at radius 3 is 2.55 bits per heavy atom. The van der Waals surface area contributed by atoms with Crippen molar-refractivity contribution in [2.45, 2.75) is 19.3 Å². The zero-order valence-corrected chi connectivity index (χ0v) is 17.6. The van der Waals surface area contributed by atoms with Crippen molar-refractivity contribution in [3.8, 4) is 0 Å². The van der Waals surface area contributed by atoms with E-state index in [0.29, 0.717) is 29.4 Å². The van der Waals surface area contributed by atoms with Gasteiger partial charge in [0.15, 0.2) is 17.0 Å². The molecule has 2 N–H and O–H groups in total. The molecule has 4 aromatic rings. The molecule has 31 heavy (non-hydrogen) atoms. The second-order valence-electron chi connectivity index (χ2n) is 7.30. The molecule has 1 aliphatic heterocycles. The number of hydrogen-bond acceptors (Lipinski definition) is 8. The average molecular weight is 432 g/mol. The second-order valence-corrected chi connectivity index (χ2v) is 8.33. The molecule has 4 heterocycles. The van der Waals surface area contributed by atoms with Gasteiger partial charge in [-0.25, -0.2) is 9.97 Å². The maximum absolute atomic E-state index is 12.2. The summed E-state index contributed by atoms with van der Waals surface area (Å²) in [5.41, 5.74) is 2.78. The highest BCUT2D eigenvalue weighted by Gasteiger charge is 2.18. The van der Waals surface area contributed by atoms with Gasteiger partial charge in [0.1, 0.15) is 0 Å². The first-order chi connectivity index (χ1) is 15.2. The molecule has 0 saturated carbocycles. The molecule has 1 amide bonds. The highest BCUT2D eigenvalue weighted by atomic mass is 32.1. The zero-order chi connectivity index (χ0) is 21.0. The van der Waals surface area contributed by atoms with Gasteiger partial charge in [0, 0.05) is 41.7 Å². The Morgan fingerprint density at radius 1 is 1.00 bits per heavy atom. The molecule has 0 spiro atoms. The number of hydrogen-bond donors (Lipinski definition) is 2. The van der Waals surface area contributed by atoms with Gasteiger partial charge in [0.2, 0.25) is 11.9 Å². The molecule has 0 aliphatic carbocycles. The summed E-state index contributed by atoms with van der Waals surface area (Å²) in [5.74, 6) is 1.26. The van der Waals surface area contributed by atoms with Gasteiger partial charge in [0.05, 0.1) is 6.42 Å². The smallest absolute Gasteiger partial charge is 0.229 e. The highest BCUT2D eigenvalue weighted by molar-refractivity contribution is 7.10. The Bertz CT molecular complexity index is 1190. The van der Waals surface area contributed by atoms with Gasteiger partial charge in [-0.3, -0.25) is 4.79 Å². The molecular formula is C22H21N7OS. The fraction of sp³-hybridized carbons (Fsp3) is 0.227. The van der Waals surface area contributed by atoms with Gasteiger partial charge in [-0.2, -0.15) is 9.97 Å². The van der Waals surface area contributed by atoms with Crippen molar-refractivity contribution in [1.29, 1.82) is 0 Å². The Hall–Kier alpha value is -3.59. The number of fused-ring (bicyclic) bond motifs is 1. The standard InChI is InChI=1S/C22H21N7OS/c30-18(14-17-4-3-13-31-17)25-15-5-7-16(8-6-15)26-21-19-20(24-10-9-23-19)27-22(28-21)29-11-1-2-12-29/h3-10,13H,1-2,11-12,14H2,(H,25,30)(H,24,26,27,28). The first-order valence-corrected chi connectivity index (χ1v) is 11.1. The summed E-state index contributed by atoms with van der Waals surface area (Å²) in [6, 6.07) is 11.4. The van der Waals surface area contributed by atoms with Crippen LogP contribution in [0.3, 0.4) is 0 Å². The lowest BCUT2D eigenvalue weighted by Gasteiger charge is -2.17. The SMILES string of the molecule is O=C(Cc1cccs1)Nc1ccc(Nc2nc(N3CCCC3)nc3nccnc23)cc1. The molecule has 1 fully saturated rings. The Balaban J connectivity index is 1.34. The normalized spacial score (nSPS) is 13.5. The van der Waals surface area contributed by atoms with E-state index in [2.05, 4.69) is 30.5 Å². The fourth-order valence-corrected chi connectivity index (χ4v) is 4.25. The highest BCUT2D eigenvalue weighted by Crippen LogP contribution is 2.26. The summed E-state index contributed by atoms with van der Waals surface area (Å²) in [5, 5.41) is 8.24. The zero-order valence-electron chi connectivity index (χ0n) is 16.8. The van der Waals surface area contributed by atoms with E-state index in [4.69, 9.17) is 4.98 Å². The van der Waals surface area contributed by atoms with Crippen LogP contribution in [-0.2, 0) is 11.2 Å². The lowest BCUT2D eigenvalue weighted by atomic mass is 10.2. The molecule has 1 aromatic carbocycles. The Labute approximate surface area is 183 Å². The first kappa shape index (κ1) is 19.4. The van der Waals surface area contributed by atoms with Crippen LogP contribution in [0.25, 0.3) is 11.2 Å². The average Bonchev–Trinajstić information content (AvgIpc) is 3.49. The number of carbonyl (C=O) groups is 1. The molecule has 0 bridgehead atoms. The molecule has 1 aliphatic rings. The molecule has 0 unspecified atom stereocenters. The summed E-state index contributed by atoms with van der Waals surface area (Å²) in [6.45, 7) is 1.90. The number of carbonyl (C=O) groups excluding carboxylic acids is 1. The van der Waals surface area contributed by atoms with Crippen molar-refractivity contribution < 1.29 is 4.79 Å². The van der Waals surface area contributed by atoms with E-state index >= 15 is 0 Å². The van der Waals surface area contributed by atoms with Crippen LogP contribution in [0.15, 0.2) is 54.2 Å². The summed E-state index contributed by atoms with van der Waals surface area (Å²) in [7, 11) is 0. The van der Waals surface area contributed by atoms with Crippen molar-refractivity contribution in [1.82, 2.24) is 19.9 Å². The maximum atomic E-state index is 12.2. The van der Waals surface area contributed by atoms with Crippen molar-refractivity contribution in [2.75, 3.05) is 28.6 Å². The van der Waals surface area contributed by atoms with Gasteiger partial charge < -0.3 is 15.5 Å². The number of thiophene rings is 1. The van der Waals surface area contributed by atoms with Crippen LogP contribution in [0.2, 0.25) is 0 Å². The van der Waals surface area contributed by atoms with Crippen molar-refractivity contribution >= 4 is 51.5 Å². The minimum atomic E-state index is -0.0320. The lowest BCUT2D eigenvalue weighted by molar-refractivity contribution is -0.115. The van der Waals surface area contributed by atoms with E-state index in [-0.39, 0.29) is 5.91 Å². The molecule has 156 valence electrons. The predicted octanol–water partition coefficient (Wildman–Crippen LogP) is 4.01. The number of aromatic nitrogens is 4. The fourth-order valence-electron chi connectivity index (χ4n) is 3.55. The van der Waals surface area contributed by atoms with E-state index in [0.717, 1.165) is 42.2 Å². The van der Waals surface area contributed by atoms with Crippen LogP contribution in [-0.4, -0.2) is 38.9 Å². The van der Waals surface area contributed by atoms with Crippen LogP contribution in [0.4, 0.5) is 23.1 Å². The third-order valence-corrected chi connectivity index (χ3v) is 5.93. The van der Waals surface area contributed by atoms with Crippen molar-refractivity contribution in [2.24, 2.45) is 0 Å². The summed E-state index contributed by atoms with van der Waals surface area (Å²) in [4.78, 5) is 33.5. The van der Waals surface area contributed by atoms with Crippen LogP contribution in [0.1, 0.15) is 17.7 Å². The van der Waals surface area contributed by atoms with E-state index in [1.165, 1.54) is 0 Å². The van der Waals surface area contributed by atoms with E-state index in [1.807, 2.05) is 41.8 Å². The molecule has 0 radical (unpaired) electrons. The van der Waals surface area contributed by atoms with Gasteiger partial charge in [-0.05, 0) is 48.6 Å². The molecule has 3 aromatic heterocycles. The number of amides is 1. The van der Waals surface area contributed by atoms with Crippen molar-refractivity contribution in [3.63, 3.8) is 0 Å². The topological polar surface area (TPSA) is 95.9 Å². The number of nitrogens with zero attached hydrogens (tertiary/aromatic N) is 5. The van der Waals surface area contributed by atoms with Gasteiger partial charge in [-0.15, -0.1) is 11.3 Å². The molecule has 5 rings (SSSR count). The Kier molecular flexibility index (Phi) is 5.40. The first-order valence-electron chi connectivity index (χ1n) is 10.2. The van der Waals surface area contributed by atoms with Gasteiger partial charge in [0.25, 0.3) is 0 Å². The summed E-state index contributed by atoms with van der Waals surface area (Å²) in [6.07, 6.45) is 5.94. The molecule has 0 atom stereocenters. The summed E-state index contributed by atoms with van der Waals surface area (Å²) >= 11 is 1.58. The lowest BCUT2D eigenvalue weighted by Crippen LogP contribution is -2.21. The number of benzene rings is 1. The largest absolute Gasteiger partial charge is 0.341 e. The predicted molar refractivity (Wildman–Crippen MR) is 123 cm³/mol. The van der Waals surface area contributed by atoms with Crippen LogP contribution in [0.5, 0.6) is 0 Å². The summed E-state index contributed by atoms with van der Waals surface area (Å²) < 4.78 is 0. The molecular weight excluding hydrogens is 410 g/mol. The third-order valence-electron chi connectivity index (χ3n) is 5.06. The van der Waals surface area contributed by atoms with Crippen LogP contribution in [0, 0.1) is 0 Å². The molecule has 9 heteroatoms. The maximum Gasteiger partial charge on any atom is 0.229 e. The number of anilines is 4. The number of nitrogens with one attached hydrogen (secondary N) is 2. The van der Waals surface area contributed by atoms with E-state index in [9.17, 15) is 4.79 Å². The molecule has 1 saturated heterocycles. The van der Waals surface area contributed by atoms with E-state index in [1.54, 1.807) is 23.7 Å². The van der Waals surface area contributed by atoms with Gasteiger partial charge >= 0.3 is 0 Å². The number of rotatable bonds is 6. The van der Waals surface area contributed by atoms with Crippen LogP contribution < -0.4 is 15.5 Å². The Morgan fingerprint density at radius 2 is 1.77 bits per heavy atom. The monoisotopic (exact) mass is 431 g/mol. The van der Waals surface area contributed by atoms with Crippen molar-refractivity contribution in [3.05, 3.63) is 59.0 Å².